The number of halogens is 2. The van der Waals surface area contributed by atoms with Crippen molar-refractivity contribution >= 4 is 29.9 Å². The third kappa shape index (κ3) is 4.85. The molecule has 0 aliphatic carbocycles. The zero-order valence-electron chi connectivity index (χ0n) is 14.5. The molecular weight excluding hydrogens is 448 g/mol. The van der Waals surface area contributed by atoms with Gasteiger partial charge in [-0.25, -0.2) is 4.39 Å². The van der Waals surface area contributed by atoms with Crippen LogP contribution in [0.25, 0.3) is 0 Å². The van der Waals surface area contributed by atoms with Gasteiger partial charge in [0.2, 0.25) is 0 Å². The van der Waals surface area contributed by atoms with E-state index in [4.69, 9.17) is 4.74 Å². The lowest BCUT2D eigenvalue weighted by Gasteiger charge is -2.28. The number of aliphatic imine (C=N–C) groups is 1. The Kier molecular flexibility index (Phi) is 7.65. The van der Waals surface area contributed by atoms with Gasteiger partial charge in [0.05, 0.1) is 18.8 Å². The summed E-state index contributed by atoms with van der Waals surface area (Å²) in [5, 5.41) is 16.6. The van der Waals surface area contributed by atoms with E-state index in [9.17, 15) is 9.50 Å². The highest BCUT2D eigenvalue weighted by Crippen LogP contribution is 2.31. The van der Waals surface area contributed by atoms with E-state index < -0.39 is 11.9 Å². The van der Waals surface area contributed by atoms with Crippen molar-refractivity contribution in [3.8, 4) is 5.75 Å². The Morgan fingerprint density at radius 2 is 2.00 bits per heavy atom. The maximum absolute atomic E-state index is 13.7. The van der Waals surface area contributed by atoms with Crippen LogP contribution in [-0.4, -0.2) is 31.3 Å². The van der Waals surface area contributed by atoms with E-state index in [0.29, 0.717) is 12.6 Å². The van der Waals surface area contributed by atoms with Crippen LogP contribution in [0.5, 0.6) is 5.75 Å². The van der Waals surface area contributed by atoms with Crippen LogP contribution in [0.15, 0.2) is 53.5 Å². The molecule has 0 saturated carbocycles. The molecule has 0 saturated heterocycles. The van der Waals surface area contributed by atoms with Gasteiger partial charge in [-0.2, -0.15) is 0 Å². The van der Waals surface area contributed by atoms with Crippen molar-refractivity contribution in [2.24, 2.45) is 4.99 Å². The molecule has 0 amide bonds. The molecule has 26 heavy (non-hydrogen) atoms. The van der Waals surface area contributed by atoms with Gasteiger partial charge in [0.25, 0.3) is 0 Å². The van der Waals surface area contributed by atoms with Crippen LogP contribution in [0, 0.1) is 5.82 Å². The molecule has 0 fully saturated rings. The normalized spacial score (nSPS) is 17.3. The molecule has 0 spiro atoms. The molecule has 5 nitrogen and oxygen atoms in total. The van der Waals surface area contributed by atoms with E-state index in [0.717, 1.165) is 17.7 Å². The Morgan fingerprint density at radius 1 is 1.27 bits per heavy atom. The molecule has 1 aliphatic heterocycles. The topological polar surface area (TPSA) is 65.9 Å². The average molecular weight is 471 g/mol. The summed E-state index contributed by atoms with van der Waals surface area (Å²) in [6.07, 6.45) is -0.144. The molecular formula is C19H23FIN3O2. The SMILES string of the molecule is CN=C(NCC(O)c1ccccc1F)NC1CCOc2ccccc21.I. The summed E-state index contributed by atoms with van der Waals surface area (Å²) in [7, 11) is 1.66. The summed E-state index contributed by atoms with van der Waals surface area (Å²) in [6.45, 7) is 0.787. The lowest BCUT2D eigenvalue weighted by Crippen LogP contribution is -2.42. The predicted molar refractivity (Wildman–Crippen MR) is 111 cm³/mol. The Balaban J connectivity index is 0.00000243. The number of aliphatic hydroxyl groups excluding tert-OH is 1. The van der Waals surface area contributed by atoms with Crippen molar-refractivity contribution in [2.45, 2.75) is 18.6 Å². The quantitative estimate of drug-likeness (QED) is 0.364. The highest BCUT2D eigenvalue weighted by Gasteiger charge is 2.22. The second-order valence-corrected chi connectivity index (χ2v) is 5.86. The smallest absolute Gasteiger partial charge is 0.191 e. The zero-order chi connectivity index (χ0) is 17.6. The summed E-state index contributed by atoms with van der Waals surface area (Å²) in [4.78, 5) is 4.19. The summed E-state index contributed by atoms with van der Waals surface area (Å²) in [5.41, 5.74) is 1.34. The molecule has 0 radical (unpaired) electrons. The fraction of sp³-hybridized carbons (Fsp3) is 0.316. The molecule has 140 valence electrons. The Hall–Kier alpha value is -1.87. The molecule has 1 aliphatic rings. The minimum absolute atomic E-state index is 0. The van der Waals surface area contributed by atoms with Gasteiger partial charge in [-0.05, 0) is 12.1 Å². The van der Waals surface area contributed by atoms with Gasteiger partial charge in [0.1, 0.15) is 11.6 Å². The summed E-state index contributed by atoms with van der Waals surface area (Å²) < 4.78 is 19.4. The van der Waals surface area contributed by atoms with Crippen LogP contribution in [0.4, 0.5) is 4.39 Å². The number of hydrogen-bond acceptors (Lipinski definition) is 3. The van der Waals surface area contributed by atoms with Crippen LogP contribution in [0.3, 0.4) is 0 Å². The van der Waals surface area contributed by atoms with Gasteiger partial charge in [-0.1, -0.05) is 36.4 Å². The maximum atomic E-state index is 13.7. The molecule has 1 heterocycles. The Morgan fingerprint density at radius 3 is 2.77 bits per heavy atom. The first-order valence-electron chi connectivity index (χ1n) is 8.30. The van der Waals surface area contributed by atoms with Crippen LogP contribution in [-0.2, 0) is 0 Å². The van der Waals surface area contributed by atoms with E-state index >= 15 is 0 Å². The van der Waals surface area contributed by atoms with Crippen molar-refractivity contribution in [3.05, 3.63) is 65.5 Å². The number of ether oxygens (including phenoxy) is 1. The number of aliphatic hydroxyl groups is 1. The van der Waals surface area contributed by atoms with Gasteiger partial charge in [-0.3, -0.25) is 4.99 Å². The number of fused-ring (bicyclic) bond motifs is 1. The number of nitrogens with one attached hydrogen (secondary N) is 2. The fourth-order valence-electron chi connectivity index (χ4n) is 2.90. The largest absolute Gasteiger partial charge is 0.493 e. The Bertz CT molecular complexity index is 757. The molecule has 0 aromatic heterocycles. The van der Waals surface area contributed by atoms with Gasteiger partial charge in [0, 0.05) is 31.1 Å². The van der Waals surface area contributed by atoms with Crippen LogP contribution in [0.1, 0.15) is 29.7 Å². The van der Waals surface area contributed by atoms with Crippen molar-refractivity contribution < 1.29 is 14.2 Å². The predicted octanol–water partition coefficient (Wildman–Crippen LogP) is 3.17. The first-order valence-corrected chi connectivity index (χ1v) is 8.30. The molecule has 3 N–H and O–H groups in total. The van der Waals surface area contributed by atoms with Crippen molar-refractivity contribution in [3.63, 3.8) is 0 Å². The minimum atomic E-state index is -0.957. The van der Waals surface area contributed by atoms with E-state index in [1.165, 1.54) is 6.07 Å². The van der Waals surface area contributed by atoms with Gasteiger partial charge in [0.15, 0.2) is 5.96 Å². The monoisotopic (exact) mass is 471 g/mol. The second kappa shape index (κ2) is 9.72. The maximum Gasteiger partial charge on any atom is 0.191 e. The van der Waals surface area contributed by atoms with Crippen LogP contribution >= 0.6 is 24.0 Å². The number of nitrogens with zero attached hydrogens (tertiary/aromatic N) is 1. The van der Waals surface area contributed by atoms with Crippen molar-refractivity contribution in [2.75, 3.05) is 20.2 Å². The summed E-state index contributed by atoms with van der Waals surface area (Å²) in [6, 6.07) is 14.2. The zero-order valence-corrected chi connectivity index (χ0v) is 16.8. The van der Waals surface area contributed by atoms with Crippen molar-refractivity contribution in [1.29, 1.82) is 0 Å². The summed E-state index contributed by atoms with van der Waals surface area (Å²) in [5.74, 6) is 1.00. The molecule has 7 heteroatoms. The number of guanidine groups is 1. The number of para-hydroxylation sites is 1. The highest BCUT2D eigenvalue weighted by atomic mass is 127. The van der Waals surface area contributed by atoms with Crippen LogP contribution < -0.4 is 15.4 Å². The molecule has 2 aromatic rings. The van der Waals surface area contributed by atoms with E-state index in [1.54, 1.807) is 25.2 Å². The molecule has 3 rings (SSSR count). The highest BCUT2D eigenvalue weighted by molar-refractivity contribution is 14.0. The first kappa shape index (κ1) is 20.4. The van der Waals surface area contributed by atoms with Gasteiger partial charge >= 0.3 is 0 Å². The average Bonchev–Trinajstić information content (AvgIpc) is 2.65. The Labute approximate surface area is 169 Å². The first-order chi connectivity index (χ1) is 12.2. The number of rotatable bonds is 4. The third-order valence-electron chi connectivity index (χ3n) is 4.22. The van der Waals surface area contributed by atoms with E-state index in [-0.39, 0.29) is 42.1 Å². The summed E-state index contributed by atoms with van der Waals surface area (Å²) >= 11 is 0. The standard InChI is InChI=1S/C19H22FN3O2.HI/c1-21-19(22-12-17(24)13-6-2-4-8-15(13)20)23-16-10-11-25-18-9-5-3-7-14(16)18;/h2-9,16-17,24H,10-12H2,1H3,(H2,21,22,23);1H. The van der Waals surface area contributed by atoms with E-state index in [2.05, 4.69) is 15.6 Å². The minimum Gasteiger partial charge on any atom is -0.493 e. The van der Waals surface area contributed by atoms with Crippen LogP contribution in [0.2, 0.25) is 0 Å². The second-order valence-electron chi connectivity index (χ2n) is 5.86. The van der Waals surface area contributed by atoms with E-state index in [1.807, 2.05) is 24.3 Å². The molecule has 2 aromatic carbocycles. The van der Waals surface area contributed by atoms with Gasteiger partial charge in [-0.15, -0.1) is 24.0 Å². The number of benzene rings is 2. The third-order valence-corrected chi connectivity index (χ3v) is 4.22. The van der Waals surface area contributed by atoms with Crippen molar-refractivity contribution in [1.82, 2.24) is 10.6 Å². The molecule has 2 atom stereocenters. The lowest BCUT2D eigenvalue weighted by molar-refractivity contribution is 0.175. The molecule has 0 bridgehead atoms. The lowest BCUT2D eigenvalue weighted by atomic mass is 10.0. The molecule has 2 unspecified atom stereocenters. The number of hydrogen-bond donors (Lipinski definition) is 3. The fourth-order valence-corrected chi connectivity index (χ4v) is 2.90. The van der Waals surface area contributed by atoms with Gasteiger partial charge < -0.3 is 20.5 Å².